The first-order chi connectivity index (χ1) is 9.76. The molecule has 0 radical (unpaired) electrons. The van der Waals surface area contributed by atoms with Gasteiger partial charge in [-0.15, -0.1) is 0 Å². The van der Waals surface area contributed by atoms with Crippen LogP contribution in [0.4, 0.5) is 5.69 Å². The third-order valence-electron chi connectivity index (χ3n) is 2.95. The fraction of sp³-hybridized carbons (Fsp3) is 0. The second-order valence-electron chi connectivity index (χ2n) is 4.31. The summed E-state index contributed by atoms with van der Waals surface area (Å²) < 4.78 is 1.72. The summed E-state index contributed by atoms with van der Waals surface area (Å²) in [5, 5.41) is 13.2. The maximum absolute atomic E-state index is 8.86. The molecule has 3 aromatic rings. The summed E-state index contributed by atoms with van der Waals surface area (Å²) >= 11 is 0. The van der Waals surface area contributed by atoms with E-state index in [4.69, 9.17) is 11.0 Å². The number of pyridine rings is 1. The van der Waals surface area contributed by atoms with Gasteiger partial charge in [-0.1, -0.05) is 12.1 Å². The molecule has 0 aliphatic heterocycles. The molecule has 0 atom stereocenters. The van der Waals surface area contributed by atoms with Crippen LogP contribution in [-0.2, 0) is 0 Å². The minimum Gasteiger partial charge on any atom is -0.399 e. The zero-order valence-corrected chi connectivity index (χ0v) is 10.6. The Balaban J connectivity index is 1.97. The van der Waals surface area contributed by atoms with E-state index in [-0.39, 0.29) is 0 Å². The van der Waals surface area contributed by atoms with Gasteiger partial charge in [0.2, 0.25) is 0 Å². The zero-order chi connectivity index (χ0) is 13.9. The highest BCUT2D eigenvalue weighted by atomic mass is 15.3. The van der Waals surface area contributed by atoms with Crippen LogP contribution in [0.25, 0.3) is 16.8 Å². The lowest BCUT2D eigenvalue weighted by Gasteiger charge is -2.00. The summed E-state index contributed by atoms with van der Waals surface area (Å²) in [5.74, 6) is 0. The van der Waals surface area contributed by atoms with Gasteiger partial charge in [-0.05, 0) is 23.8 Å². The lowest BCUT2D eigenvalue weighted by molar-refractivity contribution is 0.876. The maximum Gasteiger partial charge on any atom is 0.142 e. The number of nitriles is 1. The van der Waals surface area contributed by atoms with Crippen molar-refractivity contribution < 1.29 is 0 Å². The molecule has 0 fully saturated rings. The Bertz CT molecular complexity index is 781. The van der Waals surface area contributed by atoms with E-state index >= 15 is 0 Å². The zero-order valence-electron chi connectivity index (χ0n) is 10.6. The van der Waals surface area contributed by atoms with Gasteiger partial charge in [-0.25, -0.2) is 9.67 Å². The minimum atomic E-state index is 0.368. The second-order valence-corrected chi connectivity index (χ2v) is 4.31. The van der Waals surface area contributed by atoms with Crippen LogP contribution >= 0.6 is 0 Å². The average molecular weight is 261 g/mol. The van der Waals surface area contributed by atoms with Crippen molar-refractivity contribution in [1.82, 2.24) is 14.8 Å². The lowest BCUT2D eigenvalue weighted by Crippen LogP contribution is -1.95. The molecule has 1 aromatic carbocycles. The van der Waals surface area contributed by atoms with Crippen LogP contribution in [0.1, 0.15) is 5.69 Å². The first-order valence-electron chi connectivity index (χ1n) is 6.03. The molecule has 0 saturated heterocycles. The number of nitrogens with zero attached hydrogens (tertiary/aromatic N) is 4. The fourth-order valence-electron chi connectivity index (χ4n) is 1.91. The Morgan fingerprint density at radius 2 is 1.90 bits per heavy atom. The number of anilines is 1. The lowest BCUT2D eigenvalue weighted by atomic mass is 10.1. The molecule has 0 amide bonds. The predicted octanol–water partition coefficient (Wildman–Crippen LogP) is 2.39. The van der Waals surface area contributed by atoms with Gasteiger partial charge in [0.1, 0.15) is 11.8 Å². The average Bonchev–Trinajstić information content (AvgIpc) is 2.98. The Morgan fingerprint density at radius 1 is 1.10 bits per heavy atom. The fourth-order valence-corrected chi connectivity index (χ4v) is 1.91. The van der Waals surface area contributed by atoms with Crippen molar-refractivity contribution in [2.75, 3.05) is 5.73 Å². The Hall–Kier alpha value is -3.13. The predicted molar refractivity (Wildman–Crippen MR) is 75.9 cm³/mol. The molecule has 0 aliphatic carbocycles. The van der Waals surface area contributed by atoms with Crippen molar-refractivity contribution in [3.05, 3.63) is 60.7 Å². The highest BCUT2D eigenvalue weighted by Crippen LogP contribution is 2.21. The first kappa shape index (κ1) is 11.9. The van der Waals surface area contributed by atoms with E-state index in [0.29, 0.717) is 5.69 Å². The second kappa shape index (κ2) is 4.86. The summed E-state index contributed by atoms with van der Waals surface area (Å²) in [7, 11) is 0. The van der Waals surface area contributed by atoms with Crippen LogP contribution < -0.4 is 5.73 Å². The normalized spacial score (nSPS) is 10.2. The molecule has 2 heterocycles. The van der Waals surface area contributed by atoms with Crippen molar-refractivity contribution in [3.8, 4) is 22.9 Å². The highest BCUT2D eigenvalue weighted by molar-refractivity contribution is 5.64. The molecular weight excluding hydrogens is 250 g/mol. The molecule has 0 bridgehead atoms. The maximum atomic E-state index is 8.86. The molecule has 5 heteroatoms. The number of aromatic nitrogens is 3. The van der Waals surface area contributed by atoms with Gasteiger partial charge in [-0.2, -0.15) is 10.4 Å². The standard InChI is InChI=1S/C15H11N5/c16-8-14-7-15(5-6-18-14)20-10-12(9-19-20)11-1-3-13(17)4-2-11/h1-7,9-10H,17H2. The number of hydrogen-bond donors (Lipinski definition) is 1. The van der Waals surface area contributed by atoms with Gasteiger partial charge in [0.05, 0.1) is 11.9 Å². The third kappa shape index (κ3) is 2.22. The first-order valence-corrected chi connectivity index (χ1v) is 6.03. The van der Waals surface area contributed by atoms with Gasteiger partial charge < -0.3 is 5.73 Å². The summed E-state index contributed by atoms with van der Waals surface area (Å²) in [4.78, 5) is 3.94. The Kier molecular flexibility index (Phi) is 2.90. The van der Waals surface area contributed by atoms with Crippen LogP contribution in [0.15, 0.2) is 55.0 Å². The van der Waals surface area contributed by atoms with E-state index < -0.39 is 0 Å². The number of rotatable bonds is 2. The molecule has 20 heavy (non-hydrogen) atoms. The number of nitrogens with two attached hydrogens (primary N) is 1. The molecule has 2 N–H and O–H groups in total. The highest BCUT2D eigenvalue weighted by Gasteiger charge is 2.04. The summed E-state index contributed by atoms with van der Waals surface area (Å²) in [6, 6.07) is 13.1. The van der Waals surface area contributed by atoms with E-state index in [9.17, 15) is 0 Å². The van der Waals surface area contributed by atoms with Crippen molar-refractivity contribution >= 4 is 5.69 Å². The third-order valence-corrected chi connectivity index (χ3v) is 2.95. The van der Waals surface area contributed by atoms with Crippen LogP contribution in [0, 0.1) is 11.3 Å². The quantitative estimate of drug-likeness (QED) is 0.718. The molecule has 0 aliphatic rings. The van der Waals surface area contributed by atoms with Gasteiger partial charge in [-0.3, -0.25) is 0 Å². The number of benzene rings is 1. The molecule has 3 rings (SSSR count). The van der Waals surface area contributed by atoms with Gasteiger partial charge >= 0.3 is 0 Å². The van der Waals surface area contributed by atoms with Crippen molar-refractivity contribution in [1.29, 1.82) is 5.26 Å². The van der Waals surface area contributed by atoms with Crippen LogP contribution in [-0.4, -0.2) is 14.8 Å². The van der Waals surface area contributed by atoms with E-state index in [2.05, 4.69) is 10.1 Å². The van der Waals surface area contributed by atoms with Gasteiger partial charge in [0.25, 0.3) is 0 Å². The van der Waals surface area contributed by atoms with E-state index in [1.165, 1.54) is 0 Å². The molecule has 2 aromatic heterocycles. The minimum absolute atomic E-state index is 0.368. The molecule has 0 unspecified atom stereocenters. The number of nitrogen functional groups attached to an aromatic ring is 1. The Morgan fingerprint density at radius 3 is 2.65 bits per heavy atom. The van der Waals surface area contributed by atoms with Crippen LogP contribution in [0.3, 0.4) is 0 Å². The van der Waals surface area contributed by atoms with E-state index in [1.54, 1.807) is 29.2 Å². The van der Waals surface area contributed by atoms with Gasteiger partial charge in [0, 0.05) is 29.7 Å². The van der Waals surface area contributed by atoms with Crippen molar-refractivity contribution in [2.24, 2.45) is 0 Å². The molecule has 5 nitrogen and oxygen atoms in total. The Labute approximate surface area is 115 Å². The summed E-state index contributed by atoms with van der Waals surface area (Å²) in [6.07, 6.45) is 5.28. The van der Waals surface area contributed by atoms with Gasteiger partial charge in [0.15, 0.2) is 0 Å². The van der Waals surface area contributed by atoms with Crippen molar-refractivity contribution in [2.45, 2.75) is 0 Å². The largest absolute Gasteiger partial charge is 0.399 e. The molecule has 0 saturated carbocycles. The van der Waals surface area contributed by atoms with E-state index in [1.807, 2.05) is 36.5 Å². The monoisotopic (exact) mass is 261 g/mol. The number of hydrogen-bond acceptors (Lipinski definition) is 4. The topological polar surface area (TPSA) is 80.5 Å². The SMILES string of the molecule is N#Cc1cc(-n2cc(-c3ccc(N)cc3)cn2)ccn1. The van der Waals surface area contributed by atoms with Crippen molar-refractivity contribution in [3.63, 3.8) is 0 Å². The smallest absolute Gasteiger partial charge is 0.142 e. The van der Waals surface area contributed by atoms with Crippen LogP contribution in [0.2, 0.25) is 0 Å². The molecule has 0 spiro atoms. The molecular formula is C15H11N5. The molecule has 96 valence electrons. The summed E-state index contributed by atoms with van der Waals surface area (Å²) in [5.41, 5.74) is 9.60. The van der Waals surface area contributed by atoms with E-state index in [0.717, 1.165) is 22.5 Å². The van der Waals surface area contributed by atoms with Crippen LogP contribution in [0.5, 0.6) is 0 Å². The summed E-state index contributed by atoms with van der Waals surface area (Å²) in [6.45, 7) is 0.